The molecule has 0 aromatic heterocycles. The molecule has 3 heteroatoms. The predicted molar refractivity (Wildman–Crippen MR) is 48.8 cm³/mol. The largest absolute Gasteiger partial charge is 0.396 e. The van der Waals surface area contributed by atoms with E-state index in [-0.39, 0.29) is 24.5 Å². The number of hydrogen-bond donors (Lipinski definition) is 2. The number of carbonyl (C=O) groups excluding carboxylic acids is 1. The number of aliphatic hydroxyl groups is 1. The molecule has 0 aliphatic rings. The molecule has 0 heterocycles. The summed E-state index contributed by atoms with van der Waals surface area (Å²) >= 11 is 0. The van der Waals surface area contributed by atoms with Gasteiger partial charge in [0.05, 0.1) is 0 Å². The Morgan fingerprint density at radius 3 is 2.50 bits per heavy atom. The molecule has 0 saturated carbocycles. The summed E-state index contributed by atoms with van der Waals surface area (Å²) in [5.74, 6) is 0.157. The van der Waals surface area contributed by atoms with Crippen molar-refractivity contribution in [2.24, 2.45) is 5.92 Å². The minimum Gasteiger partial charge on any atom is -0.396 e. The molecule has 0 rings (SSSR count). The van der Waals surface area contributed by atoms with Crippen LogP contribution in [0, 0.1) is 5.92 Å². The molecule has 12 heavy (non-hydrogen) atoms. The Labute approximate surface area is 74.2 Å². The van der Waals surface area contributed by atoms with E-state index in [1.54, 1.807) is 0 Å². The topological polar surface area (TPSA) is 49.3 Å². The standard InChI is InChI=1S/C9H19NO2/c1-4-7(2)9(12)10-8(3)5-6-11/h7-8,11H,4-6H2,1-3H3,(H,10,12). The summed E-state index contributed by atoms with van der Waals surface area (Å²) in [5.41, 5.74) is 0. The average molecular weight is 173 g/mol. The van der Waals surface area contributed by atoms with Crippen LogP contribution in [-0.4, -0.2) is 23.7 Å². The molecule has 0 bridgehead atoms. The lowest BCUT2D eigenvalue weighted by molar-refractivity contribution is -0.125. The molecular formula is C9H19NO2. The Bertz CT molecular complexity index is 136. The SMILES string of the molecule is CCC(C)C(=O)NC(C)CCO. The highest BCUT2D eigenvalue weighted by molar-refractivity contribution is 5.78. The molecule has 0 aliphatic carbocycles. The minimum absolute atomic E-state index is 0.0751. The maximum Gasteiger partial charge on any atom is 0.223 e. The molecule has 0 fully saturated rings. The highest BCUT2D eigenvalue weighted by atomic mass is 16.3. The number of nitrogens with one attached hydrogen (secondary N) is 1. The molecule has 0 radical (unpaired) electrons. The quantitative estimate of drug-likeness (QED) is 0.649. The van der Waals surface area contributed by atoms with Crippen molar-refractivity contribution in [1.29, 1.82) is 0 Å². The van der Waals surface area contributed by atoms with Gasteiger partial charge < -0.3 is 10.4 Å². The van der Waals surface area contributed by atoms with Gasteiger partial charge in [-0.05, 0) is 19.8 Å². The van der Waals surface area contributed by atoms with Crippen LogP contribution >= 0.6 is 0 Å². The number of aliphatic hydroxyl groups excluding tert-OH is 1. The number of carbonyl (C=O) groups is 1. The third-order valence-electron chi connectivity index (χ3n) is 2.01. The van der Waals surface area contributed by atoms with Gasteiger partial charge in [-0.1, -0.05) is 13.8 Å². The van der Waals surface area contributed by atoms with Gasteiger partial charge in [0.15, 0.2) is 0 Å². The summed E-state index contributed by atoms with van der Waals surface area (Å²) in [6, 6.07) is 0.0801. The maximum atomic E-state index is 11.3. The summed E-state index contributed by atoms with van der Waals surface area (Å²) in [7, 11) is 0. The number of hydrogen-bond acceptors (Lipinski definition) is 2. The fourth-order valence-electron chi connectivity index (χ4n) is 0.836. The molecule has 2 atom stereocenters. The minimum atomic E-state index is 0.0751. The van der Waals surface area contributed by atoms with E-state index in [1.165, 1.54) is 0 Å². The van der Waals surface area contributed by atoms with Crippen molar-refractivity contribution in [2.45, 2.75) is 39.7 Å². The fourth-order valence-corrected chi connectivity index (χ4v) is 0.836. The van der Waals surface area contributed by atoms with Gasteiger partial charge in [-0.3, -0.25) is 4.79 Å². The van der Waals surface area contributed by atoms with Crippen LogP contribution < -0.4 is 5.32 Å². The Morgan fingerprint density at radius 1 is 1.50 bits per heavy atom. The van der Waals surface area contributed by atoms with E-state index in [2.05, 4.69) is 5.32 Å². The van der Waals surface area contributed by atoms with Gasteiger partial charge in [0.25, 0.3) is 0 Å². The molecule has 0 saturated heterocycles. The first kappa shape index (κ1) is 11.4. The first-order valence-electron chi connectivity index (χ1n) is 4.53. The Hall–Kier alpha value is -0.570. The van der Waals surface area contributed by atoms with E-state index < -0.39 is 0 Å². The summed E-state index contributed by atoms with van der Waals surface area (Å²) in [6.45, 7) is 5.92. The molecule has 2 unspecified atom stereocenters. The van der Waals surface area contributed by atoms with Gasteiger partial charge in [0.2, 0.25) is 5.91 Å². The molecule has 0 aromatic rings. The van der Waals surface area contributed by atoms with E-state index in [9.17, 15) is 4.79 Å². The monoisotopic (exact) mass is 173 g/mol. The first-order chi connectivity index (χ1) is 5.61. The van der Waals surface area contributed by atoms with Crippen molar-refractivity contribution in [3.8, 4) is 0 Å². The van der Waals surface area contributed by atoms with Crippen LogP contribution in [0.2, 0.25) is 0 Å². The number of rotatable bonds is 5. The summed E-state index contributed by atoms with van der Waals surface area (Å²) in [6.07, 6.45) is 1.49. The molecule has 72 valence electrons. The van der Waals surface area contributed by atoms with Crippen LogP contribution in [-0.2, 0) is 4.79 Å². The Kier molecular flexibility index (Phi) is 5.72. The molecule has 1 amide bonds. The highest BCUT2D eigenvalue weighted by Gasteiger charge is 2.12. The lowest BCUT2D eigenvalue weighted by atomic mass is 10.1. The van der Waals surface area contributed by atoms with Crippen LogP contribution in [0.15, 0.2) is 0 Å². The third kappa shape index (κ3) is 4.34. The molecule has 0 aliphatic heterocycles. The van der Waals surface area contributed by atoms with Crippen LogP contribution in [0.4, 0.5) is 0 Å². The summed E-state index contributed by atoms with van der Waals surface area (Å²) in [4.78, 5) is 11.3. The summed E-state index contributed by atoms with van der Waals surface area (Å²) in [5, 5.41) is 11.4. The molecule has 3 nitrogen and oxygen atoms in total. The van der Waals surface area contributed by atoms with Crippen LogP contribution in [0.5, 0.6) is 0 Å². The predicted octanol–water partition coefficient (Wildman–Crippen LogP) is 0.920. The van der Waals surface area contributed by atoms with Crippen LogP contribution in [0.3, 0.4) is 0 Å². The van der Waals surface area contributed by atoms with Crippen molar-refractivity contribution in [1.82, 2.24) is 5.32 Å². The van der Waals surface area contributed by atoms with Crippen molar-refractivity contribution in [3.05, 3.63) is 0 Å². The lowest BCUT2D eigenvalue weighted by Gasteiger charge is -2.15. The maximum absolute atomic E-state index is 11.3. The second-order valence-corrected chi connectivity index (χ2v) is 3.23. The van der Waals surface area contributed by atoms with Crippen molar-refractivity contribution in [2.75, 3.05) is 6.61 Å². The highest BCUT2D eigenvalue weighted by Crippen LogP contribution is 2.01. The van der Waals surface area contributed by atoms with E-state index in [0.717, 1.165) is 6.42 Å². The molecule has 2 N–H and O–H groups in total. The second kappa shape index (κ2) is 6.00. The zero-order valence-electron chi connectivity index (χ0n) is 8.13. The second-order valence-electron chi connectivity index (χ2n) is 3.23. The van der Waals surface area contributed by atoms with E-state index >= 15 is 0 Å². The van der Waals surface area contributed by atoms with E-state index in [4.69, 9.17) is 5.11 Å². The zero-order chi connectivity index (χ0) is 9.56. The first-order valence-corrected chi connectivity index (χ1v) is 4.53. The number of amides is 1. The van der Waals surface area contributed by atoms with Gasteiger partial charge in [-0.25, -0.2) is 0 Å². The van der Waals surface area contributed by atoms with Crippen molar-refractivity contribution < 1.29 is 9.90 Å². The van der Waals surface area contributed by atoms with Gasteiger partial charge in [-0.15, -0.1) is 0 Å². The van der Waals surface area contributed by atoms with Crippen molar-refractivity contribution >= 4 is 5.91 Å². The van der Waals surface area contributed by atoms with Gasteiger partial charge in [0.1, 0.15) is 0 Å². The fraction of sp³-hybridized carbons (Fsp3) is 0.889. The average Bonchev–Trinajstić information content (AvgIpc) is 2.03. The van der Waals surface area contributed by atoms with Gasteiger partial charge in [0, 0.05) is 18.6 Å². The smallest absolute Gasteiger partial charge is 0.223 e. The van der Waals surface area contributed by atoms with Crippen LogP contribution in [0.25, 0.3) is 0 Å². The van der Waals surface area contributed by atoms with Gasteiger partial charge >= 0.3 is 0 Å². The zero-order valence-corrected chi connectivity index (χ0v) is 8.13. The van der Waals surface area contributed by atoms with Crippen LogP contribution in [0.1, 0.15) is 33.6 Å². The Morgan fingerprint density at radius 2 is 2.08 bits per heavy atom. The molecular weight excluding hydrogens is 154 g/mol. The van der Waals surface area contributed by atoms with E-state index in [1.807, 2.05) is 20.8 Å². The Balaban J connectivity index is 3.67. The van der Waals surface area contributed by atoms with E-state index in [0.29, 0.717) is 6.42 Å². The normalized spacial score (nSPS) is 15.3. The molecule has 0 spiro atoms. The third-order valence-corrected chi connectivity index (χ3v) is 2.01. The molecule has 0 aromatic carbocycles. The lowest BCUT2D eigenvalue weighted by Crippen LogP contribution is -2.36. The van der Waals surface area contributed by atoms with Gasteiger partial charge in [-0.2, -0.15) is 0 Å². The van der Waals surface area contributed by atoms with Crippen molar-refractivity contribution in [3.63, 3.8) is 0 Å². The summed E-state index contributed by atoms with van der Waals surface area (Å²) < 4.78 is 0.